The highest BCUT2D eigenvalue weighted by Crippen LogP contribution is 1.88. The summed E-state index contributed by atoms with van der Waals surface area (Å²) in [6.45, 7) is 3.82. The third kappa shape index (κ3) is 4.32. The highest BCUT2D eigenvalue weighted by atomic mass is 16.3. The molecule has 1 unspecified atom stereocenters. The molecule has 0 saturated carbocycles. The fraction of sp³-hybridized carbons (Fsp3) is 0.857. The minimum absolute atomic E-state index is 0.0425. The van der Waals surface area contributed by atoms with Gasteiger partial charge in [-0.2, -0.15) is 0 Å². The first kappa shape index (κ1) is 9.43. The first-order valence-electron chi connectivity index (χ1n) is 3.61. The number of hydrogen-bond donors (Lipinski definition) is 2. The van der Waals surface area contributed by atoms with E-state index < -0.39 is 0 Å². The zero-order valence-electron chi connectivity index (χ0n) is 6.55. The Morgan fingerprint density at radius 1 is 1.70 bits per heavy atom. The van der Waals surface area contributed by atoms with Gasteiger partial charge in [0.1, 0.15) is 0 Å². The van der Waals surface area contributed by atoms with Crippen molar-refractivity contribution in [1.82, 2.24) is 5.32 Å². The van der Waals surface area contributed by atoms with E-state index in [0.717, 1.165) is 0 Å². The van der Waals surface area contributed by atoms with Gasteiger partial charge in [0.2, 0.25) is 5.91 Å². The van der Waals surface area contributed by atoms with Gasteiger partial charge in [0.15, 0.2) is 0 Å². The van der Waals surface area contributed by atoms with E-state index in [-0.39, 0.29) is 18.6 Å². The van der Waals surface area contributed by atoms with Crippen molar-refractivity contribution in [2.75, 3.05) is 6.61 Å². The van der Waals surface area contributed by atoms with Crippen LogP contribution in [0, 0.1) is 0 Å². The molecule has 0 aromatic rings. The van der Waals surface area contributed by atoms with Crippen molar-refractivity contribution in [3.63, 3.8) is 0 Å². The lowest BCUT2D eigenvalue weighted by Crippen LogP contribution is -2.32. The minimum Gasteiger partial charge on any atom is -0.396 e. The third-order valence-corrected chi connectivity index (χ3v) is 1.29. The van der Waals surface area contributed by atoms with Crippen molar-refractivity contribution >= 4 is 5.91 Å². The molecular formula is C7H15NO2. The Balaban J connectivity index is 3.37. The molecule has 3 heteroatoms. The second-order valence-corrected chi connectivity index (χ2v) is 2.33. The standard InChI is InChI=1S/C7H15NO2/c1-3-7(10)8-6(2)4-5-9/h6,9H,3-5H2,1-2H3,(H,8,10). The minimum atomic E-state index is 0.0425. The smallest absolute Gasteiger partial charge is 0.219 e. The number of carbonyl (C=O) groups excluding carboxylic acids is 1. The second kappa shape index (κ2) is 5.23. The molecule has 2 N–H and O–H groups in total. The molecule has 0 heterocycles. The summed E-state index contributed by atoms with van der Waals surface area (Å²) < 4.78 is 0. The fourth-order valence-corrected chi connectivity index (χ4v) is 0.643. The van der Waals surface area contributed by atoms with Crippen LogP contribution in [0.5, 0.6) is 0 Å². The van der Waals surface area contributed by atoms with Crippen LogP contribution in [0.25, 0.3) is 0 Å². The summed E-state index contributed by atoms with van der Waals surface area (Å²) in [5, 5.41) is 11.2. The molecule has 0 rings (SSSR count). The van der Waals surface area contributed by atoms with Gasteiger partial charge in [-0.15, -0.1) is 0 Å². The van der Waals surface area contributed by atoms with Crippen LogP contribution in [0.1, 0.15) is 26.7 Å². The number of carbonyl (C=O) groups is 1. The van der Waals surface area contributed by atoms with Crippen molar-refractivity contribution in [2.24, 2.45) is 0 Å². The number of aliphatic hydroxyl groups is 1. The lowest BCUT2D eigenvalue weighted by Gasteiger charge is -2.10. The second-order valence-electron chi connectivity index (χ2n) is 2.33. The predicted octanol–water partition coefficient (Wildman–Crippen LogP) is 0.283. The first-order valence-corrected chi connectivity index (χ1v) is 3.61. The average Bonchev–Trinajstić information content (AvgIpc) is 1.88. The van der Waals surface area contributed by atoms with Gasteiger partial charge in [0, 0.05) is 19.1 Å². The van der Waals surface area contributed by atoms with Crippen LogP contribution < -0.4 is 5.32 Å². The highest BCUT2D eigenvalue weighted by molar-refractivity contribution is 5.75. The zero-order valence-corrected chi connectivity index (χ0v) is 6.55. The molecule has 0 aromatic heterocycles. The summed E-state index contributed by atoms with van der Waals surface area (Å²) >= 11 is 0. The monoisotopic (exact) mass is 145 g/mol. The maximum Gasteiger partial charge on any atom is 0.219 e. The first-order chi connectivity index (χ1) is 4.70. The van der Waals surface area contributed by atoms with Crippen LogP contribution in [0.3, 0.4) is 0 Å². The Bertz CT molecular complexity index is 104. The van der Waals surface area contributed by atoms with Gasteiger partial charge in [-0.3, -0.25) is 4.79 Å². The van der Waals surface area contributed by atoms with Crippen LogP contribution in [0.4, 0.5) is 0 Å². The van der Waals surface area contributed by atoms with Crippen molar-refractivity contribution in [1.29, 1.82) is 0 Å². The van der Waals surface area contributed by atoms with Gasteiger partial charge in [0.05, 0.1) is 0 Å². The van der Waals surface area contributed by atoms with E-state index in [2.05, 4.69) is 5.32 Å². The Kier molecular flexibility index (Phi) is 4.94. The fourth-order valence-electron chi connectivity index (χ4n) is 0.643. The third-order valence-electron chi connectivity index (χ3n) is 1.29. The van der Waals surface area contributed by atoms with Crippen LogP contribution in [-0.4, -0.2) is 23.7 Å². The number of rotatable bonds is 4. The Morgan fingerprint density at radius 3 is 2.70 bits per heavy atom. The largest absolute Gasteiger partial charge is 0.396 e. The van der Waals surface area contributed by atoms with Gasteiger partial charge in [0.25, 0.3) is 0 Å². The molecule has 0 bridgehead atoms. The van der Waals surface area contributed by atoms with Crippen molar-refractivity contribution < 1.29 is 9.90 Å². The van der Waals surface area contributed by atoms with E-state index in [1.165, 1.54) is 0 Å². The summed E-state index contributed by atoms with van der Waals surface area (Å²) in [6, 6.07) is 0.0949. The molecule has 0 aromatic carbocycles. The summed E-state index contributed by atoms with van der Waals surface area (Å²) in [7, 11) is 0. The van der Waals surface area contributed by atoms with Crippen LogP contribution in [-0.2, 0) is 4.79 Å². The summed E-state index contributed by atoms with van der Waals surface area (Å²) in [4.78, 5) is 10.7. The van der Waals surface area contributed by atoms with Gasteiger partial charge >= 0.3 is 0 Å². The SMILES string of the molecule is CCC(=O)NC(C)CCO. The molecule has 0 spiro atoms. The summed E-state index contributed by atoms with van der Waals surface area (Å²) in [6.07, 6.45) is 1.14. The Labute approximate surface area is 61.4 Å². The number of hydrogen-bond acceptors (Lipinski definition) is 2. The molecule has 0 fully saturated rings. The molecule has 1 amide bonds. The number of aliphatic hydroxyl groups excluding tert-OH is 1. The van der Waals surface area contributed by atoms with Gasteiger partial charge < -0.3 is 10.4 Å². The Morgan fingerprint density at radius 2 is 2.30 bits per heavy atom. The molecule has 0 aliphatic carbocycles. The summed E-state index contributed by atoms with van der Waals surface area (Å²) in [5.41, 5.74) is 0. The number of nitrogens with one attached hydrogen (secondary N) is 1. The molecule has 0 aliphatic rings. The topological polar surface area (TPSA) is 49.3 Å². The molecule has 0 aliphatic heterocycles. The van der Waals surface area contributed by atoms with Gasteiger partial charge in [-0.25, -0.2) is 0 Å². The van der Waals surface area contributed by atoms with Crippen molar-refractivity contribution in [2.45, 2.75) is 32.7 Å². The zero-order chi connectivity index (χ0) is 7.98. The average molecular weight is 145 g/mol. The van der Waals surface area contributed by atoms with E-state index in [4.69, 9.17) is 5.11 Å². The van der Waals surface area contributed by atoms with Gasteiger partial charge in [-0.05, 0) is 13.3 Å². The molecular weight excluding hydrogens is 130 g/mol. The lowest BCUT2D eigenvalue weighted by molar-refractivity contribution is -0.121. The molecule has 3 nitrogen and oxygen atoms in total. The molecule has 0 saturated heterocycles. The van der Waals surface area contributed by atoms with E-state index in [1.54, 1.807) is 6.92 Å². The molecule has 0 radical (unpaired) electrons. The molecule has 1 atom stereocenters. The van der Waals surface area contributed by atoms with Crippen molar-refractivity contribution in [3.8, 4) is 0 Å². The quantitative estimate of drug-likeness (QED) is 0.597. The molecule has 60 valence electrons. The van der Waals surface area contributed by atoms with Crippen LogP contribution >= 0.6 is 0 Å². The van der Waals surface area contributed by atoms with E-state index >= 15 is 0 Å². The summed E-state index contributed by atoms with van der Waals surface area (Å²) in [5.74, 6) is 0.0425. The maximum absolute atomic E-state index is 10.7. The maximum atomic E-state index is 10.7. The van der Waals surface area contributed by atoms with Crippen LogP contribution in [0.2, 0.25) is 0 Å². The van der Waals surface area contributed by atoms with E-state index in [0.29, 0.717) is 12.8 Å². The van der Waals surface area contributed by atoms with E-state index in [1.807, 2.05) is 6.92 Å². The molecule has 10 heavy (non-hydrogen) atoms. The van der Waals surface area contributed by atoms with E-state index in [9.17, 15) is 4.79 Å². The van der Waals surface area contributed by atoms with Gasteiger partial charge in [-0.1, -0.05) is 6.92 Å². The highest BCUT2D eigenvalue weighted by Gasteiger charge is 2.02. The van der Waals surface area contributed by atoms with Crippen LogP contribution in [0.15, 0.2) is 0 Å². The Hall–Kier alpha value is -0.570. The number of amides is 1. The lowest BCUT2D eigenvalue weighted by atomic mass is 10.2. The van der Waals surface area contributed by atoms with Crippen molar-refractivity contribution in [3.05, 3.63) is 0 Å². The predicted molar refractivity (Wildman–Crippen MR) is 39.6 cm³/mol. The normalized spacial score (nSPS) is 12.7.